The van der Waals surface area contributed by atoms with Gasteiger partial charge in [0, 0.05) is 6.04 Å². The first-order chi connectivity index (χ1) is 10.2. The minimum absolute atomic E-state index is 0.0574. The topological polar surface area (TPSA) is 57.8 Å². The molecule has 0 spiro atoms. The Morgan fingerprint density at radius 1 is 1.19 bits per heavy atom. The lowest BCUT2D eigenvalue weighted by Crippen LogP contribution is -2.30. The number of aromatic nitrogens is 2. The third kappa shape index (κ3) is 4.39. The zero-order chi connectivity index (χ0) is 15.1. The number of hydrogen-bond donors (Lipinski definition) is 2. The number of benzene rings is 1. The Morgan fingerprint density at radius 2 is 2.00 bits per heavy atom. The molecule has 1 heterocycles. The highest BCUT2D eigenvalue weighted by atomic mass is 16.1. The van der Waals surface area contributed by atoms with Crippen LogP contribution in [0.1, 0.15) is 51.8 Å². The van der Waals surface area contributed by atoms with Crippen LogP contribution in [0.3, 0.4) is 0 Å². The number of nitrogens with zero attached hydrogens (tertiary/aromatic N) is 1. The fraction of sp³-hybridized carbons (Fsp3) is 0.529. The van der Waals surface area contributed by atoms with Gasteiger partial charge in [-0.25, -0.2) is 4.98 Å². The summed E-state index contributed by atoms with van der Waals surface area (Å²) in [6, 6.07) is 7.97. The molecular formula is C17H25N3O. The van der Waals surface area contributed by atoms with E-state index in [0.29, 0.717) is 18.0 Å². The van der Waals surface area contributed by atoms with Gasteiger partial charge in [0.15, 0.2) is 0 Å². The van der Waals surface area contributed by atoms with Gasteiger partial charge in [0.05, 0.1) is 17.4 Å². The third-order valence-corrected chi connectivity index (χ3v) is 3.76. The minimum atomic E-state index is -0.0574. The second-order valence-corrected chi connectivity index (χ2v) is 5.54. The van der Waals surface area contributed by atoms with E-state index >= 15 is 0 Å². The number of unbranched alkanes of at least 4 members (excludes halogenated alkanes) is 1. The van der Waals surface area contributed by atoms with Crippen LogP contribution in [0.2, 0.25) is 0 Å². The number of nitrogens with one attached hydrogen (secondary N) is 2. The largest absolute Gasteiger partial charge is 0.309 e. The van der Waals surface area contributed by atoms with Gasteiger partial charge in [-0.15, -0.1) is 0 Å². The molecule has 0 saturated carbocycles. The highest BCUT2D eigenvalue weighted by Gasteiger charge is 2.08. The van der Waals surface area contributed by atoms with E-state index in [1.54, 1.807) is 6.07 Å². The van der Waals surface area contributed by atoms with Crippen LogP contribution in [0.5, 0.6) is 0 Å². The molecular weight excluding hydrogens is 262 g/mol. The summed E-state index contributed by atoms with van der Waals surface area (Å²) < 4.78 is 0. The molecule has 21 heavy (non-hydrogen) atoms. The summed E-state index contributed by atoms with van der Waals surface area (Å²) in [7, 11) is 0. The minimum Gasteiger partial charge on any atom is -0.309 e. The number of rotatable bonds is 8. The quantitative estimate of drug-likeness (QED) is 0.782. The van der Waals surface area contributed by atoms with Crippen LogP contribution in [-0.4, -0.2) is 16.0 Å². The first-order valence-electron chi connectivity index (χ1n) is 7.96. The van der Waals surface area contributed by atoms with Gasteiger partial charge in [-0.2, -0.15) is 0 Å². The molecule has 0 aliphatic rings. The number of para-hydroxylation sites is 1. The third-order valence-electron chi connectivity index (χ3n) is 3.76. The van der Waals surface area contributed by atoms with Crippen LogP contribution in [-0.2, 0) is 6.54 Å². The first-order valence-corrected chi connectivity index (χ1v) is 7.96. The fourth-order valence-corrected chi connectivity index (χ4v) is 2.61. The van der Waals surface area contributed by atoms with Crippen molar-refractivity contribution in [3.05, 3.63) is 40.4 Å². The predicted molar refractivity (Wildman–Crippen MR) is 87.4 cm³/mol. The standard InChI is InChI=1S/C17H25N3O/c1-3-5-9-13(8-4-2)18-12-16-19-15-11-7-6-10-14(15)17(21)20-16/h6-7,10-11,13,18H,3-5,8-9,12H2,1-2H3,(H,19,20,21). The number of hydrogen-bond acceptors (Lipinski definition) is 3. The van der Waals surface area contributed by atoms with Gasteiger partial charge in [0.2, 0.25) is 0 Å². The van der Waals surface area contributed by atoms with E-state index in [0.717, 1.165) is 17.8 Å². The van der Waals surface area contributed by atoms with E-state index in [9.17, 15) is 4.79 Å². The average Bonchev–Trinajstić information content (AvgIpc) is 2.50. The van der Waals surface area contributed by atoms with E-state index in [1.807, 2.05) is 18.2 Å². The Labute approximate surface area is 126 Å². The molecule has 0 aliphatic carbocycles. The van der Waals surface area contributed by atoms with Crippen molar-refractivity contribution in [3.63, 3.8) is 0 Å². The van der Waals surface area contributed by atoms with Crippen LogP contribution in [0.15, 0.2) is 29.1 Å². The van der Waals surface area contributed by atoms with Crippen molar-refractivity contribution in [2.75, 3.05) is 0 Å². The van der Waals surface area contributed by atoms with Crippen molar-refractivity contribution in [1.29, 1.82) is 0 Å². The molecule has 1 aromatic heterocycles. The van der Waals surface area contributed by atoms with E-state index in [-0.39, 0.29) is 5.56 Å². The van der Waals surface area contributed by atoms with Crippen molar-refractivity contribution in [1.82, 2.24) is 15.3 Å². The summed E-state index contributed by atoms with van der Waals surface area (Å²) in [6.07, 6.45) is 5.97. The Kier molecular flexibility index (Phi) is 5.93. The van der Waals surface area contributed by atoms with E-state index < -0.39 is 0 Å². The fourth-order valence-electron chi connectivity index (χ4n) is 2.61. The highest BCUT2D eigenvalue weighted by Crippen LogP contribution is 2.09. The summed E-state index contributed by atoms with van der Waals surface area (Å²) in [6.45, 7) is 5.04. The van der Waals surface area contributed by atoms with Crippen LogP contribution in [0.25, 0.3) is 10.9 Å². The summed E-state index contributed by atoms with van der Waals surface area (Å²) in [5.41, 5.74) is 0.705. The molecule has 2 N–H and O–H groups in total. The molecule has 0 radical (unpaired) electrons. The highest BCUT2D eigenvalue weighted by molar-refractivity contribution is 5.77. The average molecular weight is 287 g/mol. The van der Waals surface area contributed by atoms with Crippen LogP contribution < -0.4 is 10.9 Å². The monoisotopic (exact) mass is 287 g/mol. The Morgan fingerprint density at radius 3 is 2.76 bits per heavy atom. The lowest BCUT2D eigenvalue weighted by Gasteiger charge is -2.17. The molecule has 2 aromatic rings. The molecule has 114 valence electrons. The second-order valence-electron chi connectivity index (χ2n) is 5.54. The maximum atomic E-state index is 12.0. The van der Waals surface area contributed by atoms with Gasteiger partial charge in [0.1, 0.15) is 5.82 Å². The first kappa shape index (κ1) is 15.7. The molecule has 0 bridgehead atoms. The smallest absolute Gasteiger partial charge is 0.258 e. The van der Waals surface area contributed by atoms with Crippen molar-refractivity contribution >= 4 is 10.9 Å². The zero-order valence-electron chi connectivity index (χ0n) is 13.0. The lowest BCUT2D eigenvalue weighted by atomic mass is 10.1. The molecule has 4 heteroatoms. The van der Waals surface area contributed by atoms with Gasteiger partial charge in [-0.3, -0.25) is 4.79 Å². The molecule has 0 fully saturated rings. The summed E-state index contributed by atoms with van der Waals surface area (Å²) in [5, 5.41) is 4.18. The van der Waals surface area contributed by atoms with E-state index in [2.05, 4.69) is 29.1 Å². The van der Waals surface area contributed by atoms with Crippen molar-refractivity contribution < 1.29 is 0 Å². The van der Waals surface area contributed by atoms with Gasteiger partial charge in [-0.05, 0) is 25.0 Å². The SMILES string of the molecule is CCCCC(CCC)NCc1nc2ccccc2c(=O)[nH]1. The summed E-state index contributed by atoms with van der Waals surface area (Å²) in [4.78, 5) is 19.4. The molecule has 1 atom stereocenters. The lowest BCUT2D eigenvalue weighted by molar-refractivity contribution is 0.429. The number of aromatic amines is 1. The van der Waals surface area contributed by atoms with E-state index in [4.69, 9.17) is 0 Å². The molecule has 1 unspecified atom stereocenters. The molecule has 1 aromatic carbocycles. The molecule has 0 amide bonds. The van der Waals surface area contributed by atoms with Crippen LogP contribution >= 0.6 is 0 Å². The van der Waals surface area contributed by atoms with E-state index in [1.165, 1.54) is 25.7 Å². The van der Waals surface area contributed by atoms with Crippen LogP contribution in [0, 0.1) is 0 Å². The number of H-pyrrole nitrogens is 1. The van der Waals surface area contributed by atoms with Gasteiger partial charge < -0.3 is 10.3 Å². The van der Waals surface area contributed by atoms with Crippen molar-refractivity contribution in [2.45, 2.75) is 58.5 Å². The Hall–Kier alpha value is -1.68. The predicted octanol–water partition coefficient (Wildman–Crippen LogP) is 3.37. The summed E-state index contributed by atoms with van der Waals surface area (Å²) in [5.74, 6) is 0.719. The second kappa shape index (κ2) is 7.93. The normalized spacial score (nSPS) is 12.7. The Bertz CT molecular complexity index is 621. The molecule has 0 aliphatic heterocycles. The maximum absolute atomic E-state index is 12.0. The van der Waals surface area contributed by atoms with Gasteiger partial charge in [-0.1, -0.05) is 45.2 Å². The maximum Gasteiger partial charge on any atom is 0.258 e. The van der Waals surface area contributed by atoms with Crippen LogP contribution in [0.4, 0.5) is 0 Å². The Balaban J connectivity index is 2.06. The van der Waals surface area contributed by atoms with Crippen molar-refractivity contribution in [2.24, 2.45) is 0 Å². The molecule has 4 nitrogen and oxygen atoms in total. The van der Waals surface area contributed by atoms with Gasteiger partial charge >= 0.3 is 0 Å². The van der Waals surface area contributed by atoms with Crippen molar-refractivity contribution in [3.8, 4) is 0 Å². The zero-order valence-corrected chi connectivity index (χ0v) is 13.0. The van der Waals surface area contributed by atoms with Gasteiger partial charge in [0.25, 0.3) is 5.56 Å². The number of fused-ring (bicyclic) bond motifs is 1. The molecule has 0 saturated heterocycles. The summed E-state index contributed by atoms with van der Waals surface area (Å²) >= 11 is 0. The molecule has 2 rings (SSSR count).